The lowest BCUT2D eigenvalue weighted by molar-refractivity contribution is -0.160. The quantitative estimate of drug-likeness (QED) is 0.769. The molecule has 1 saturated heterocycles. The van der Waals surface area contributed by atoms with Crippen LogP contribution in [-0.2, 0) is 14.4 Å². The second-order valence-electron chi connectivity index (χ2n) is 5.76. The number of hydrogen-bond donors (Lipinski definition) is 1. The van der Waals surface area contributed by atoms with Crippen molar-refractivity contribution in [3.8, 4) is 0 Å². The van der Waals surface area contributed by atoms with E-state index in [-0.39, 0.29) is 30.2 Å². The van der Waals surface area contributed by atoms with Crippen molar-refractivity contribution < 1.29 is 19.5 Å². The number of amides is 2. The van der Waals surface area contributed by atoms with E-state index < -0.39 is 11.4 Å². The number of aliphatic carboxylic acids is 1. The molecule has 2 bridgehead atoms. The summed E-state index contributed by atoms with van der Waals surface area (Å²) in [4.78, 5) is 37.2. The van der Waals surface area contributed by atoms with Crippen molar-refractivity contribution in [3.63, 3.8) is 0 Å². The molecule has 0 aromatic carbocycles. The van der Waals surface area contributed by atoms with E-state index in [1.165, 1.54) is 4.90 Å². The Labute approximate surface area is 113 Å². The number of carboxylic acid groups (broad SMARTS) is 1. The number of rotatable bonds is 5. The minimum atomic E-state index is -0.998. The normalized spacial score (nSPS) is 26.9. The van der Waals surface area contributed by atoms with Crippen LogP contribution in [0.4, 0.5) is 0 Å². The molecular formula is C14H21NO4. The molecule has 0 spiro atoms. The number of nitrogens with zero attached hydrogens (tertiary/aromatic N) is 1. The van der Waals surface area contributed by atoms with Crippen LogP contribution in [-0.4, -0.2) is 34.3 Å². The Kier molecular flexibility index (Phi) is 3.65. The zero-order valence-corrected chi connectivity index (χ0v) is 11.5. The Morgan fingerprint density at radius 1 is 1.21 bits per heavy atom. The van der Waals surface area contributed by atoms with Crippen LogP contribution in [0, 0.1) is 17.3 Å². The number of carbonyl (C=O) groups excluding carboxylic acids is 2. The maximum atomic E-state index is 12.2. The molecule has 1 N–H and O–H groups in total. The van der Waals surface area contributed by atoms with Crippen molar-refractivity contribution in [2.24, 2.45) is 17.3 Å². The molecule has 0 aromatic heterocycles. The molecule has 2 rings (SSSR count). The Hall–Kier alpha value is -1.39. The highest BCUT2D eigenvalue weighted by atomic mass is 16.4. The average Bonchev–Trinajstić information content (AvgIpc) is 2.84. The lowest BCUT2D eigenvalue weighted by Gasteiger charge is -2.36. The molecule has 1 aliphatic heterocycles. The third-order valence-electron chi connectivity index (χ3n) is 4.93. The van der Waals surface area contributed by atoms with Gasteiger partial charge in [-0.2, -0.15) is 0 Å². The van der Waals surface area contributed by atoms with Crippen molar-refractivity contribution in [1.29, 1.82) is 0 Å². The summed E-state index contributed by atoms with van der Waals surface area (Å²) in [7, 11) is 0. The van der Waals surface area contributed by atoms with Gasteiger partial charge in [0, 0.05) is 18.4 Å². The van der Waals surface area contributed by atoms with Gasteiger partial charge in [-0.25, -0.2) is 0 Å². The van der Waals surface area contributed by atoms with Crippen molar-refractivity contribution >= 4 is 17.8 Å². The fraction of sp³-hybridized carbons (Fsp3) is 0.786. The van der Waals surface area contributed by atoms with Gasteiger partial charge in [-0.05, 0) is 32.1 Å². The molecule has 0 aromatic rings. The van der Waals surface area contributed by atoms with Crippen LogP contribution in [0.25, 0.3) is 0 Å². The first kappa shape index (κ1) is 14.0. The highest BCUT2D eigenvalue weighted by molar-refractivity contribution is 6.01. The minimum absolute atomic E-state index is 0.0278. The van der Waals surface area contributed by atoms with E-state index in [0.29, 0.717) is 19.3 Å². The molecule has 5 nitrogen and oxygen atoms in total. The number of carbonyl (C=O) groups is 3. The van der Waals surface area contributed by atoms with Crippen molar-refractivity contribution in [2.75, 3.05) is 6.54 Å². The predicted octanol–water partition coefficient (Wildman–Crippen LogP) is 1.66. The van der Waals surface area contributed by atoms with Gasteiger partial charge >= 0.3 is 5.97 Å². The van der Waals surface area contributed by atoms with Gasteiger partial charge in [-0.3, -0.25) is 19.3 Å². The van der Waals surface area contributed by atoms with E-state index in [4.69, 9.17) is 0 Å². The van der Waals surface area contributed by atoms with E-state index in [1.54, 1.807) is 13.8 Å². The summed E-state index contributed by atoms with van der Waals surface area (Å²) in [5.74, 6) is -1.38. The Morgan fingerprint density at radius 3 is 2.05 bits per heavy atom. The highest BCUT2D eigenvalue weighted by Crippen LogP contribution is 2.40. The molecular weight excluding hydrogens is 246 g/mol. The first-order chi connectivity index (χ1) is 8.95. The molecule has 1 aliphatic carbocycles. The summed E-state index contributed by atoms with van der Waals surface area (Å²) in [6.07, 6.45) is 3.04. The number of fused-ring (bicyclic) bond motifs is 2. The van der Waals surface area contributed by atoms with Crippen LogP contribution >= 0.6 is 0 Å². The summed E-state index contributed by atoms with van der Waals surface area (Å²) in [6.45, 7) is 3.62. The first-order valence-electron chi connectivity index (χ1n) is 7.03. The molecule has 2 atom stereocenters. The number of likely N-dealkylation sites (tertiary alicyclic amines) is 1. The van der Waals surface area contributed by atoms with Crippen LogP contribution < -0.4 is 0 Å². The molecule has 19 heavy (non-hydrogen) atoms. The van der Waals surface area contributed by atoms with E-state index in [1.807, 2.05) is 0 Å². The van der Waals surface area contributed by atoms with Crippen molar-refractivity contribution in [3.05, 3.63) is 0 Å². The average molecular weight is 267 g/mol. The smallest absolute Gasteiger partial charge is 0.311 e. The van der Waals surface area contributed by atoms with Gasteiger partial charge in [-0.15, -0.1) is 0 Å². The maximum Gasteiger partial charge on any atom is 0.311 e. The standard InChI is InChI=1S/C14H21NO4/c1-3-14(4-2,13(18)19)8-15-11(16)9-5-6-10(7-9)12(15)17/h9-10H,3-8H2,1-2H3,(H,18,19). The van der Waals surface area contributed by atoms with E-state index in [2.05, 4.69) is 0 Å². The third kappa shape index (κ3) is 2.15. The Balaban J connectivity index is 2.23. The van der Waals surface area contributed by atoms with Gasteiger partial charge in [0.15, 0.2) is 0 Å². The van der Waals surface area contributed by atoms with Crippen molar-refractivity contribution in [2.45, 2.75) is 46.0 Å². The predicted molar refractivity (Wildman–Crippen MR) is 68.2 cm³/mol. The minimum Gasteiger partial charge on any atom is -0.481 e. The second-order valence-corrected chi connectivity index (χ2v) is 5.76. The SMILES string of the molecule is CCC(CC)(CN1C(=O)C2CCC(C2)C1=O)C(=O)O. The maximum absolute atomic E-state index is 12.2. The highest BCUT2D eigenvalue weighted by Gasteiger charge is 2.48. The molecule has 0 radical (unpaired) electrons. The second kappa shape index (κ2) is 4.94. The topological polar surface area (TPSA) is 74.7 Å². The summed E-state index contributed by atoms with van der Waals surface area (Å²) in [5, 5.41) is 9.43. The molecule has 2 unspecified atom stereocenters. The molecule has 2 aliphatic rings. The number of piperidine rings is 1. The lowest BCUT2D eigenvalue weighted by atomic mass is 9.81. The van der Waals surface area contributed by atoms with E-state index >= 15 is 0 Å². The van der Waals surface area contributed by atoms with Crippen LogP contribution in [0.2, 0.25) is 0 Å². The van der Waals surface area contributed by atoms with Crippen molar-refractivity contribution in [1.82, 2.24) is 4.90 Å². The Bertz CT molecular complexity index is 392. The van der Waals surface area contributed by atoms with Crippen LogP contribution in [0.1, 0.15) is 46.0 Å². The fourth-order valence-electron chi connectivity index (χ4n) is 3.28. The largest absolute Gasteiger partial charge is 0.481 e. The molecule has 2 fully saturated rings. The van der Waals surface area contributed by atoms with Crippen LogP contribution in [0.15, 0.2) is 0 Å². The van der Waals surface area contributed by atoms with E-state index in [0.717, 1.165) is 12.8 Å². The lowest BCUT2D eigenvalue weighted by Crippen LogP contribution is -2.52. The molecule has 5 heteroatoms. The first-order valence-corrected chi connectivity index (χ1v) is 7.03. The van der Waals surface area contributed by atoms with Gasteiger partial charge in [-0.1, -0.05) is 13.8 Å². The van der Waals surface area contributed by atoms with Gasteiger partial charge in [0.25, 0.3) is 0 Å². The van der Waals surface area contributed by atoms with Crippen LogP contribution in [0.3, 0.4) is 0 Å². The zero-order valence-electron chi connectivity index (χ0n) is 11.5. The molecule has 106 valence electrons. The third-order valence-corrected chi connectivity index (χ3v) is 4.93. The van der Waals surface area contributed by atoms with Crippen LogP contribution in [0.5, 0.6) is 0 Å². The monoisotopic (exact) mass is 267 g/mol. The molecule has 2 amide bonds. The summed E-state index contributed by atoms with van der Waals surface area (Å²) < 4.78 is 0. The van der Waals surface area contributed by atoms with Gasteiger partial charge in [0.2, 0.25) is 11.8 Å². The van der Waals surface area contributed by atoms with Gasteiger partial charge in [0.05, 0.1) is 5.41 Å². The van der Waals surface area contributed by atoms with Gasteiger partial charge in [0.1, 0.15) is 0 Å². The number of imide groups is 1. The number of hydrogen-bond acceptors (Lipinski definition) is 3. The molecule has 1 heterocycles. The summed E-state index contributed by atoms with van der Waals surface area (Å²) in [5.41, 5.74) is -0.998. The molecule has 1 saturated carbocycles. The summed E-state index contributed by atoms with van der Waals surface area (Å²) >= 11 is 0. The number of carboxylic acids is 1. The fourth-order valence-corrected chi connectivity index (χ4v) is 3.28. The van der Waals surface area contributed by atoms with E-state index in [9.17, 15) is 19.5 Å². The summed E-state index contributed by atoms with van der Waals surface area (Å²) in [6, 6.07) is 0. The zero-order chi connectivity index (χ0) is 14.2. The van der Waals surface area contributed by atoms with Gasteiger partial charge < -0.3 is 5.11 Å². The Morgan fingerprint density at radius 2 is 1.68 bits per heavy atom.